The Kier molecular flexibility index (Phi) is 10.8. The van der Waals surface area contributed by atoms with E-state index in [4.69, 9.17) is 18.9 Å². The van der Waals surface area contributed by atoms with Gasteiger partial charge in [-0.15, -0.1) is 0 Å². The molecular formula is C23H28F4N2O13. The predicted molar refractivity (Wildman–Crippen MR) is 123 cm³/mol. The molecule has 42 heavy (non-hydrogen) atoms. The van der Waals surface area contributed by atoms with Gasteiger partial charge in [-0.1, -0.05) is 0 Å². The summed E-state index contributed by atoms with van der Waals surface area (Å²) in [7, 11) is 1.17. The van der Waals surface area contributed by atoms with E-state index in [1.165, 1.54) is 7.11 Å². The average Bonchev–Trinajstić information content (AvgIpc) is 2.94. The lowest BCUT2D eigenvalue weighted by atomic mass is 9.94. The molecule has 0 aliphatic carbocycles. The third-order valence-corrected chi connectivity index (χ3v) is 6.64. The summed E-state index contributed by atoms with van der Waals surface area (Å²) in [6.07, 6.45) is -14.0. The maximum Gasteiger partial charge on any atom is 0.339 e. The van der Waals surface area contributed by atoms with Crippen LogP contribution in [0.2, 0.25) is 0 Å². The lowest BCUT2D eigenvalue weighted by Crippen LogP contribution is -2.69. The normalized spacial score (nSPS) is 33.2. The van der Waals surface area contributed by atoms with Gasteiger partial charge in [0.1, 0.15) is 48.2 Å². The van der Waals surface area contributed by atoms with Crippen molar-refractivity contribution >= 4 is 17.8 Å². The Morgan fingerprint density at radius 2 is 1.33 bits per heavy atom. The summed E-state index contributed by atoms with van der Waals surface area (Å²) in [4.78, 5) is 35.9. The smallest absolute Gasteiger partial charge is 0.339 e. The van der Waals surface area contributed by atoms with E-state index in [1.807, 2.05) is 0 Å². The second-order valence-corrected chi connectivity index (χ2v) is 9.30. The number of amides is 2. The molecule has 0 spiro atoms. The largest absolute Gasteiger partial charge is 0.478 e. The van der Waals surface area contributed by atoms with Gasteiger partial charge in [-0.05, 0) is 0 Å². The fraction of sp³-hybridized carbons (Fsp3) is 0.609. The predicted octanol–water partition coefficient (Wildman–Crippen LogP) is -2.91. The number of aromatic carboxylic acids is 1. The number of carbonyl (C=O) groups excluding carboxylic acids is 2. The molecule has 10 atom stereocenters. The minimum atomic E-state index is -2.52. The topological polar surface area (TPSA) is 234 Å². The van der Waals surface area contributed by atoms with E-state index in [1.54, 1.807) is 5.32 Å². The van der Waals surface area contributed by atoms with Crippen molar-refractivity contribution in [1.29, 1.82) is 0 Å². The Bertz CT molecular complexity index is 1190. The molecule has 236 valence electrons. The summed E-state index contributed by atoms with van der Waals surface area (Å²) in [6.45, 7) is -0.718. The summed E-state index contributed by atoms with van der Waals surface area (Å²) >= 11 is 0. The van der Waals surface area contributed by atoms with Gasteiger partial charge in [0.2, 0.25) is 5.91 Å². The Labute approximate surface area is 233 Å². The van der Waals surface area contributed by atoms with E-state index in [-0.39, 0.29) is 0 Å². The van der Waals surface area contributed by atoms with E-state index in [0.29, 0.717) is 0 Å². The van der Waals surface area contributed by atoms with E-state index in [9.17, 15) is 62.6 Å². The van der Waals surface area contributed by atoms with E-state index >= 15 is 0 Å². The van der Waals surface area contributed by atoms with Gasteiger partial charge in [0.05, 0.1) is 24.8 Å². The second-order valence-electron chi connectivity index (χ2n) is 9.30. The molecule has 0 bridgehead atoms. The number of benzene rings is 1. The highest BCUT2D eigenvalue weighted by atomic mass is 19.2. The molecule has 0 saturated carbocycles. The molecule has 1 aromatic rings. The number of hydrogen-bond acceptors (Lipinski definition) is 12. The fourth-order valence-corrected chi connectivity index (χ4v) is 4.62. The molecule has 2 heterocycles. The molecule has 19 heteroatoms. The second kappa shape index (κ2) is 13.5. The summed E-state index contributed by atoms with van der Waals surface area (Å²) in [5.41, 5.74) is -3.71. The number of nitrogens with one attached hydrogen (secondary N) is 2. The first-order valence-electron chi connectivity index (χ1n) is 12.1. The summed E-state index contributed by atoms with van der Waals surface area (Å²) in [6, 6.07) is -3.34. The van der Waals surface area contributed by atoms with Crippen molar-refractivity contribution in [3.8, 4) is 0 Å². The van der Waals surface area contributed by atoms with Crippen molar-refractivity contribution in [2.24, 2.45) is 0 Å². The highest BCUT2D eigenvalue weighted by molar-refractivity contribution is 6.05. The van der Waals surface area contributed by atoms with Gasteiger partial charge >= 0.3 is 5.97 Å². The Morgan fingerprint density at radius 1 is 0.786 bits per heavy atom. The summed E-state index contributed by atoms with van der Waals surface area (Å²) in [5, 5.41) is 65.1. The molecule has 2 aliphatic heterocycles. The first kappa shape index (κ1) is 33.5. The van der Waals surface area contributed by atoms with Crippen LogP contribution in [0, 0.1) is 23.3 Å². The number of carboxylic acids is 1. The van der Waals surface area contributed by atoms with Gasteiger partial charge < -0.3 is 60.2 Å². The fourth-order valence-electron chi connectivity index (χ4n) is 4.62. The third-order valence-electron chi connectivity index (χ3n) is 6.64. The minimum absolute atomic E-state index is 0.632. The molecule has 1 unspecified atom stereocenters. The average molecular weight is 616 g/mol. The van der Waals surface area contributed by atoms with Crippen LogP contribution >= 0.6 is 0 Å². The zero-order valence-electron chi connectivity index (χ0n) is 21.7. The summed E-state index contributed by atoms with van der Waals surface area (Å²) in [5.74, 6) is -14.7. The van der Waals surface area contributed by atoms with Crippen LogP contribution in [0.4, 0.5) is 17.6 Å². The molecule has 2 aliphatic rings. The zero-order valence-corrected chi connectivity index (χ0v) is 21.7. The molecule has 1 aromatic carbocycles. The van der Waals surface area contributed by atoms with Crippen LogP contribution < -0.4 is 10.6 Å². The molecule has 2 amide bonds. The number of aliphatic hydroxyl groups is 5. The molecule has 2 saturated heterocycles. The molecular weight excluding hydrogens is 588 g/mol. The minimum Gasteiger partial charge on any atom is -0.478 e. The number of aliphatic hydroxyl groups excluding tert-OH is 5. The monoisotopic (exact) mass is 616 g/mol. The third kappa shape index (κ3) is 6.33. The molecule has 15 nitrogen and oxygen atoms in total. The Morgan fingerprint density at radius 3 is 1.83 bits per heavy atom. The highest BCUT2D eigenvalue weighted by Crippen LogP contribution is 2.30. The number of rotatable bonds is 9. The van der Waals surface area contributed by atoms with Crippen LogP contribution in [0.15, 0.2) is 0 Å². The zero-order chi connectivity index (χ0) is 31.6. The first-order valence-corrected chi connectivity index (χ1v) is 12.1. The van der Waals surface area contributed by atoms with Gasteiger partial charge in [0, 0.05) is 14.0 Å². The van der Waals surface area contributed by atoms with Gasteiger partial charge in [-0.3, -0.25) is 9.59 Å². The SMILES string of the molecule is COC1O[C@H](CO)[C@@H](O[C@@H]2O[C@H](CO)[C@H](O)[C@H](NC(=O)c3c(F)c(F)c(F)c(F)c3C(=O)O)[C@H]2O)[C@H](O)[C@H]1NC(C)=O. The van der Waals surface area contributed by atoms with Crippen LogP contribution in [-0.4, -0.2) is 130 Å². The van der Waals surface area contributed by atoms with Crippen molar-refractivity contribution in [3.05, 3.63) is 34.4 Å². The van der Waals surface area contributed by atoms with E-state index < -0.39 is 127 Å². The number of carbonyl (C=O) groups is 3. The number of hydrogen-bond donors (Lipinski definition) is 8. The standard InChI is InChI=1S/C23H28F4N2O13/c1-5(32)28-15-17(34)19(7(4-31)41-22(15)39-2)42-23-18(35)14(16(33)6(3-30)40-23)29-20(36)8-9(21(37)38)11(25)13(27)12(26)10(8)24/h6-7,14-19,22-23,30-31,33-35H,3-4H2,1-2H3,(H,28,32)(H,29,36)(H,37,38)/t6-,7-,14+,15-,16+,17-,18-,19-,22?,23+/m1/s1. The van der Waals surface area contributed by atoms with Crippen molar-refractivity contribution < 1.29 is 81.5 Å². The van der Waals surface area contributed by atoms with Crippen molar-refractivity contribution in [3.63, 3.8) is 0 Å². The van der Waals surface area contributed by atoms with E-state index in [2.05, 4.69) is 5.32 Å². The molecule has 8 N–H and O–H groups in total. The van der Waals surface area contributed by atoms with Gasteiger partial charge in [-0.2, -0.15) is 0 Å². The first-order chi connectivity index (χ1) is 19.7. The van der Waals surface area contributed by atoms with Crippen LogP contribution in [0.1, 0.15) is 27.6 Å². The van der Waals surface area contributed by atoms with Crippen LogP contribution in [0.5, 0.6) is 0 Å². The maximum absolute atomic E-state index is 14.5. The Hall–Kier alpha value is -3.01. The van der Waals surface area contributed by atoms with E-state index in [0.717, 1.165) is 6.92 Å². The molecule has 2 fully saturated rings. The van der Waals surface area contributed by atoms with Gasteiger partial charge in [0.25, 0.3) is 5.91 Å². The number of carboxylic acid groups (broad SMARTS) is 1. The molecule has 0 aromatic heterocycles. The van der Waals surface area contributed by atoms with Gasteiger partial charge in [0.15, 0.2) is 35.8 Å². The lowest BCUT2D eigenvalue weighted by molar-refractivity contribution is -0.336. The highest BCUT2D eigenvalue weighted by Gasteiger charge is 2.52. The summed E-state index contributed by atoms with van der Waals surface area (Å²) < 4.78 is 77.6. The van der Waals surface area contributed by atoms with Crippen molar-refractivity contribution in [1.82, 2.24) is 10.6 Å². The van der Waals surface area contributed by atoms with Crippen molar-refractivity contribution in [2.45, 2.75) is 68.2 Å². The molecule has 0 radical (unpaired) electrons. The van der Waals surface area contributed by atoms with Crippen molar-refractivity contribution in [2.75, 3.05) is 20.3 Å². The lowest BCUT2D eigenvalue weighted by Gasteiger charge is -2.47. The number of halogens is 4. The number of methoxy groups -OCH3 is 1. The van der Waals surface area contributed by atoms with Crippen LogP contribution in [-0.2, 0) is 23.7 Å². The quantitative estimate of drug-likeness (QED) is 0.0791. The number of ether oxygens (including phenoxy) is 4. The molecule has 3 rings (SSSR count). The Balaban J connectivity index is 1.94. The van der Waals surface area contributed by atoms with Gasteiger partial charge in [-0.25, -0.2) is 22.4 Å². The van der Waals surface area contributed by atoms with Crippen LogP contribution in [0.3, 0.4) is 0 Å². The van der Waals surface area contributed by atoms with Crippen LogP contribution in [0.25, 0.3) is 0 Å². The maximum atomic E-state index is 14.5.